The first-order chi connectivity index (χ1) is 10.4. The Hall–Kier alpha value is -2.49. The van der Waals surface area contributed by atoms with Gasteiger partial charge in [0.15, 0.2) is 0 Å². The minimum Gasteiger partial charge on any atom is -0.457 e. The molecule has 0 aromatic heterocycles. The van der Waals surface area contributed by atoms with Crippen molar-refractivity contribution in [2.45, 2.75) is 19.4 Å². The van der Waals surface area contributed by atoms with Gasteiger partial charge in [0.1, 0.15) is 11.5 Å². The van der Waals surface area contributed by atoms with Gasteiger partial charge in [-0.2, -0.15) is 0 Å². The predicted octanol–water partition coefficient (Wildman–Crippen LogP) is 3.99. The van der Waals surface area contributed by atoms with E-state index in [-0.39, 0.29) is 6.03 Å². The van der Waals surface area contributed by atoms with E-state index in [0.29, 0.717) is 0 Å². The number of nitrogens with zero attached hydrogens (tertiary/aromatic N) is 1. The molecule has 22 heavy (non-hydrogen) atoms. The van der Waals surface area contributed by atoms with Crippen LogP contribution in [0.4, 0.5) is 4.79 Å². The van der Waals surface area contributed by atoms with Crippen LogP contribution in [0.15, 0.2) is 54.6 Å². The molecule has 0 spiro atoms. The highest BCUT2D eigenvalue weighted by Crippen LogP contribution is 2.27. The van der Waals surface area contributed by atoms with E-state index in [2.05, 4.69) is 5.32 Å². The van der Waals surface area contributed by atoms with Gasteiger partial charge in [0.2, 0.25) is 0 Å². The van der Waals surface area contributed by atoms with Crippen LogP contribution in [0.1, 0.15) is 19.4 Å². The van der Waals surface area contributed by atoms with Crippen molar-refractivity contribution in [2.24, 2.45) is 0 Å². The lowest BCUT2D eigenvalue weighted by Crippen LogP contribution is -2.45. The van der Waals surface area contributed by atoms with Crippen molar-refractivity contribution >= 4 is 6.03 Å². The van der Waals surface area contributed by atoms with Gasteiger partial charge in [-0.1, -0.05) is 30.3 Å². The number of benzene rings is 2. The van der Waals surface area contributed by atoms with Crippen LogP contribution in [0.25, 0.3) is 0 Å². The molecule has 0 heterocycles. The van der Waals surface area contributed by atoms with E-state index in [9.17, 15) is 4.79 Å². The van der Waals surface area contributed by atoms with Gasteiger partial charge in [0.25, 0.3) is 0 Å². The molecule has 0 unspecified atom stereocenters. The predicted molar refractivity (Wildman–Crippen MR) is 88.2 cm³/mol. The van der Waals surface area contributed by atoms with Gasteiger partial charge in [-0.25, -0.2) is 4.79 Å². The minimum atomic E-state index is -0.489. The van der Waals surface area contributed by atoms with Crippen LogP contribution >= 0.6 is 0 Å². The molecule has 0 aliphatic heterocycles. The van der Waals surface area contributed by atoms with Crippen LogP contribution in [0, 0.1) is 0 Å². The topological polar surface area (TPSA) is 41.6 Å². The van der Waals surface area contributed by atoms with Crippen LogP contribution < -0.4 is 10.1 Å². The average Bonchev–Trinajstić information content (AvgIpc) is 2.48. The summed E-state index contributed by atoms with van der Waals surface area (Å²) in [5.74, 6) is 1.53. The molecular weight excluding hydrogens is 276 g/mol. The molecule has 0 saturated heterocycles. The summed E-state index contributed by atoms with van der Waals surface area (Å²) in [5.41, 5.74) is 0.494. The molecule has 0 aliphatic rings. The van der Waals surface area contributed by atoms with E-state index in [1.165, 1.54) is 4.90 Å². The molecule has 116 valence electrons. The standard InChI is InChI=1S/C18H22N2O2/c1-18(2,19-17(21)20(3)4)14-9-8-12-16(13-14)22-15-10-6-5-7-11-15/h5-13H,1-4H3,(H,19,21). The number of ether oxygens (including phenoxy) is 1. The van der Waals surface area contributed by atoms with E-state index in [1.807, 2.05) is 68.4 Å². The number of urea groups is 1. The number of para-hydroxylation sites is 1. The van der Waals surface area contributed by atoms with Crippen molar-refractivity contribution in [3.05, 3.63) is 60.2 Å². The third kappa shape index (κ3) is 4.01. The van der Waals surface area contributed by atoms with E-state index < -0.39 is 5.54 Å². The lowest BCUT2D eigenvalue weighted by molar-refractivity contribution is 0.205. The van der Waals surface area contributed by atoms with Gasteiger partial charge in [0, 0.05) is 14.1 Å². The third-order valence-corrected chi connectivity index (χ3v) is 3.36. The molecule has 2 aromatic rings. The highest BCUT2D eigenvalue weighted by molar-refractivity contribution is 5.74. The van der Waals surface area contributed by atoms with E-state index >= 15 is 0 Å². The molecule has 0 bridgehead atoms. The molecule has 2 rings (SSSR count). The zero-order valence-corrected chi connectivity index (χ0v) is 13.5. The number of nitrogens with one attached hydrogen (secondary N) is 1. The molecule has 0 aliphatic carbocycles. The number of rotatable bonds is 4. The Balaban J connectivity index is 2.18. The zero-order valence-electron chi connectivity index (χ0n) is 13.5. The summed E-state index contributed by atoms with van der Waals surface area (Å²) in [6, 6.07) is 17.3. The molecule has 4 nitrogen and oxygen atoms in total. The van der Waals surface area contributed by atoms with Crippen molar-refractivity contribution in [2.75, 3.05) is 14.1 Å². The van der Waals surface area contributed by atoms with Crippen LogP contribution in [-0.2, 0) is 5.54 Å². The summed E-state index contributed by atoms with van der Waals surface area (Å²) < 4.78 is 5.84. The van der Waals surface area contributed by atoms with Crippen molar-refractivity contribution < 1.29 is 9.53 Å². The summed E-state index contributed by atoms with van der Waals surface area (Å²) in [4.78, 5) is 13.4. The van der Waals surface area contributed by atoms with Gasteiger partial charge in [-0.15, -0.1) is 0 Å². The number of carbonyl (C=O) groups excluding carboxylic acids is 1. The number of hydrogen-bond acceptors (Lipinski definition) is 2. The summed E-state index contributed by atoms with van der Waals surface area (Å²) >= 11 is 0. The minimum absolute atomic E-state index is 0.126. The quantitative estimate of drug-likeness (QED) is 0.927. The van der Waals surface area contributed by atoms with Crippen LogP contribution in [0.5, 0.6) is 11.5 Å². The molecule has 0 saturated carbocycles. The van der Waals surface area contributed by atoms with E-state index in [1.54, 1.807) is 14.1 Å². The molecule has 0 fully saturated rings. The normalized spacial score (nSPS) is 10.9. The average molecular weight is 298 g/mol. The second-order valence-corrected chi connectivity index (χ2v) is 5.89. The zero-order chi connectivity index (χ0) is 16.2. The molecule has 0 radical (unpaired) electrons. The Bertz CT molecular complexity index is 637. The van der Waals surface area contributed by atoms with Gasteiger partial charge in [-0.05, 0) is 43.7 Å². The smallest absolute Gasteiger partial charge is 0.317 e. The maximum Gasteiger partial charge on any atom is 0.317 e. The van der Waals surface area contributed by atoms with Crippen LogP contribution in [0.3, 0.4) is 0 Å². The fraction of sp³-hybridized carbons (Fsp3) is 0.278. The number of hydrogen-bond donors (Lipinski definition) is 1. The summed E-state index contributed by atoms with van der Waals surface area (Å²) in [5, 5.41) is 2.99. The molecule has 1 N–H and O–H groups in total. The van der Waals surface area contributed by atoms with Gasteiger partial charge >= 0.3 is 6.03 Å². The highest BCUT2D eigenvalue weighted by Gasteiger charge is 2.24. The van der Waals surface area contributed by atoms with Gasteiger partial charge in [0.05, 0.1) is 5.54 Å². The Morgan fingerprint density at radius 1 is 1.00 bits per heavy atom. The number of carbonyl (C=O) groups is 1. The van der Waals surface area contributed by atoms with Crippen LogP contribution in [0.2, 0.25) is 0 Å². The van der Waals surface area contributed by atoms with Gasteiger partial charge < -0.3 is 15.0 Å². The Kier molecular flexibility index (Phi) is 4.71. The first-order valence-electron chi connectivity index (χ1n) is 7.21. The van der Waals surface area contributed by atoms with E-state index in [4.69, 9.17) is 4.74 Å². The van der Waals surface area contributed by atoms with Crippen molar-refractivity contribution in [1.82, 2.24) is 10.2 Å². The molecule has 0 atom stereocenters. The lowest BCUT2D eigenvalue weighted by atomic mass is 9.94. The maximum atomic E-state index is 11.9. The SMILES string of the molecule is CN(C)C(=O)NC(C)(C)c1cccc(Oc2ccccc2)c1. The van der Waals surface area contributed by atoms with Crippen molar-refractivity contribution in [1.29, 1.82) is 0 Å². The lowest BCUT2D eigenvalue weighted by Gasteiger charge is -2.29. The highest BCUT2D eigenvalue weighted by atomic mass is 16.5. The van der Waals surface area contributed by atoms with Crippen molar-refractivity contribution in [3.8, 4) is 11.5 Å². The monoisotopic (exact) mass is 298 g/mol. The largest absolute Gasteiger partial charge is 0.457 e. The fourth-order valence-corrected chi connectivity index (χ4v) is 2.02. The molecule has 4 heteroatoms. The molecular formula is C18H22N2O2. The molecule has 2 amide bonds. The fourth-order valence-electron chi connectivity index (χ4n) is 2.02. The third-order valence-electron chi connectivity index (χ3n) is 3.36. The van der Waals surface area contributed by atoms with Crippen molar-refractivity contribution in [3.63, 3.8) is 0 Å². The first kappa shape index (κ1) is 15.9. The maximum absolute atomic E-state index is 11.9. The summed E-state index contributed by atoms with van der Waals surface area (Å²) in [7, 11) is 3.45. The Morgan fingerprint density at radius 2 is 1.64 bits per heavy atom. The van der Waals surface area contributed by atoms with Gasteiger partial charge in [-0.3, -0.25) is 0 Å². The van der Waals surface area contributed by atoms with Crippen LogP contribution in [-0.4, -0.2) is 25.0 Å². The second kappa shape index (κ2) is 6.52. The summed E-state index contributed by atoms with van der Waals surface area (Å²) in [6.07, 6.45) is 0. The van der Waals surface area contributed by atoms with E-state index in [0.717, 1.165) is 17.1 Å². The number of amides is 2. The second-order valence-electron chi connectivity index (χ2n) is 5.89. The Labute approximate surface area is 131 Å². The Morgan fingerprint density at radius 3 is 2.27 bits per heavy atom. The summed E-state index contributed by atoms with van der Waals surface area (Å²) in [6.45, 7) is 3.94. The first-order valence-corrected chi connectivity index (χ1v) is 7.21. The molecule has 2 aromatic carbocycles.